The number of aromatic amines is 1. The fourth-order valence-corrected chi connectivity index (χ4v) is 2.12. The molecule has 21 heavy (non-hydrogen) atoms. The van der Waals surface area contributed by atoms with Crippen LogP contribution in [0.1, 0.15) is 10.4 Å². The van der Waals surface area contributed by atoms with E-state index in [2.05, 4.69) is 9.97 Å². The van der Waals surface area contributed by atoms with Gasteiger partial charge in [0.15, 0.2) is 0 Å². The molecule has 0 radical (unpaired) electrons. The Kier molecular flexibility index (Phi) is 3.10. The van der Waals surface area contributed by atoms with Crippen molar-refractivity contribution in [3.63, 3.8) is 0 Å². The summed E-state index contributed by atoms with van der Waals surface area (Å²) in [7, 11) is 0. The van der Waals surface area contributed by atoms with E-state index in [1.807, 2.05) is 0 Å². The molecule has 0 spiro atoms. The number of rotatable bonds is 2. The van der Waals surface area contributed by atoms with Crippen LogP contribution in [0.25, 0.3) is 22.4 Å². The number of nitrogens with zero attached hydrogens (tertiary/aromatic N) is 1. The summed E-state index contributed by atoms with van der Waals surface area (Å²) >= 11 is 5.50. The second-order valence-electron chi connectivity index (χ2n) is 4.37. The molecule has 106 valence electrons. The second kappa shape index (κ2) is 4.82. The van der Waals surface area contributed by atoms with Crippen LogP contribution in [0, 0.1) is 11.6 Å². The minimum Gasteiger partial charge on any atom is -0.478 e. The Hall–Kier alpha value is -2.47. The molecule has 0 bridgehead atoms. The highest BCUT2D eigenvalue weighted by Crippen LogP contribution is 2.27. The van der Waals surface area contributed by atoms with Crippen LogP contribution in [0.2, 0.25) is 5.02 Å². The molecular weight excluding hydrogens is 302 g/mol. The van der Waals surface area contributed by atoms with Crippen LogP contribution in [0.3, 0.4) is 0 Å². The van der Waals surface area contributed by atoms with E-state index < -0.39 is 17.6 Å². The number of aromatic carboxylic acids is 1. The summed E-state index contributed by atoms with van der Waals surface area (Å²) < 4.78 is 27.3. The number of fused-ring (bicyclic) bond motifs is 1. The molecule has 0 unspecified atom stereocenters. The van der Waals surface area contributed by atoms with Crippen LogP contribution < -0.4 is 0 Å². The number of carboxylic acid groups (broad SMARTS) is 1. The third-order valence-electron chi connectivity index (χ3n) is 2.99. The normalized spacial score (nSPS) is 11.0. The zero-order chi connectivity index (χ0) is 15.1. The van der Waals surface area contributed by atoms with Gasteiger partial charge in [0.05, 0.1) is 27.2 Å². The second-order valence-corrected chi connectivity index (χ2v) is 4.78. The third-order valence-corrected chi connectivity index (χ3v) is 3.28. The molecule has 2 aromatic carbocycles. The first-order chi connectivity index (χ1) is 9.95. The van der Waals surface area contributed by atoms with Crippen molar-refractivity contribution in [2.45, 2.75) is 0 Å². The molecule has 0 amide bonds. The van der Waals surface area contributed by atoms with Crippen molar-refractivity contribution in [2.24, 2.45) is 0 Å². The van der Waals surface area contributed by atoms with Gasteiger partial charge in [0.2, 0.25) is 0 Å². The van der Waals surface area contributed by atoms with Crippen molar-refractivity contribution >= 4 is 28.6 Å². The van der Waals surface area contributed by atoms with E-state index in [1.54, 1.807) is 0 Å². The smallest absolute Gasteiger partial charge is 0.335 e. The molecule has 1 aromatic heterocycles. The number of halogens is 3. The first-order valence-electron chi connectivity index (χ1n) is 5.83. The maximum Gasteiger partial charge on any atom is 0.335 e. The van der Waals surface area contributed by atoms with E-state index >= 15 is 0 Å². The van der Waals surface area contributed by atoms with E-state index in [-0.39, 0.29) is 22.0 Å². The quantitative estimate of drug-likeness (QED) is 0.706. The molecular formula is C14H7ClF2N2O2. The lowest BCUT2D eigenvalue weighted by Gasteiger charge is -2.01. The van der Waals surface area contributed by atoms with Gasteiger partial charge in [-0.1, -0.05) is 11.6 Å². The summed E-state index contributed by atoms with van der Waals surface area (Å²) in [5.74, 6) is -2.48. The molecule has 0 aliphatic heterocycles. The molecule has 3 aromatic rings. The summed E-state index contributed by atoms with van der Waals surface area (Å²) in [5.41, 5.74) is 0.856. The summed E-state index contributed by atoms with van der Waals surface area (Å²) in [5, 5.41) is 8.60. The van der Waals surface area contributed by atoms with Crippen LogP contribution in [0.4, 0.5) is 8.78 Å². The number of aromatic nitrogens is 2. The van der Waals surface area contributed by atoms with Gasteiger partial charge in [0.1, 0.15) is 17.5 Å². The molecule has 7 heteroatoms. The largest absolute Gasteiger partial charge is 0.478 e. The Balaban J connectivity index is 2.17. The van der Waals surface area contributed by atoms with Gasteiger partial charge in [0, 0.05) is 0 Å². The lowest BCUT2D eigenvalue weighted by Crippen LogP contribution is -1.94. The molecule has 0 aliphatic rings. The number of benzene rings is 2. The van der Waals surface area contributed by atoms with Gasteiger partial charge < -0.3 is 10.1 Å². The van der Waals surface area contributed by atoms with Crippen molar-refractivity contribution in [3.8, 4) is 11.4 Å². The van der Waals surface area contributed by atoms with Gasteiger partial charge in [-0.15, -0.1) is 0 Å². The summed E-state index contributed by atoms with van der Waals surface area (Å²) in [6, 6.07) is 6.05. The van der Waals surface area contributed by atoms with Crippen molar-refractivity contribution in [1.29, 1.82) is 0 Å². The maximum absolute atomic E-state index is 13.8. The van der Waals surface area contributed by atoms with E-state index in [1.165, 1.54) is 18.2 Å². The zero-order valence-electron chi connectivity index (χ0n) is 10.3. The average Bonchev–Trinajstić information content (AvgIpc) is 2.85. The summed E-state index contributed by atoms with van der Waals surface area (Å²) in [6.45, 7) is 0. The summed E-state index contributed by atoms with van der Waals surface area (Å²) in [6.07, 6.45) is 0. The van der Waals surface area contributed by atoms with E-state index in [0.29, 0.717) is 11.0 Å². The van der Waals surface area contributed by atoms with Gasteiger partial charge in [-0.2, -0.15) is 0 Å². The van der Waals surface area contributed by atoms with Gasteiger partial charge in [-0.05, 0) is 30.3 Å². The Morgan fingerprint density at radius 2 is 1.95 bits per heavy atom. The first-order valence-corrected chi connectivity index (χ1v) is 6.21. The lowest BCUT2D eigenvalue weighted by molar-refractivity contribution is 0.0697. The predicted octanol–water partition coefficient (Wildman–Crippen LogP) is 3.86. The van der Waals surface area contributed by atoms with E-state index in [4.69, 9.17) is 16.7 Å². The van der Waals surface area contributed by atoms with Crippen molar-refractivity contribution in [3.05, 3.63) is 52.6 Å². The highest BCUT2D eigenvalue weighted by Gasteiger charge is 2.14. The van der Waals surface area contributed by atoms with Crippen molar-refractivity contribution in [1.82, 2.24) is 9.97 Å². The Bertz CT molecular complexity index is 877. The Morgan fingerprint density at radius 1 is 1.19 bits per heavy atom. The SMILES string of the molecule is O=C(O)c1ccc2nc(-c3cc(F)c(Cl)cc3F)[nH]c2c1. The van der Waals surface area contributed by atoms with Crippen LogP contribution in [-0.2, 0) is 0 Å². The molecule has 0 fully saturated rings. The number of hydrogen-bond acceptors (Lipinski definition) is 2. The average molecular weight is 309 g/mol. The summed E-state index contributed by atoms with van der Waals surface area (Å²) in [4.78, 5) is 17.8. The van der Waals surface area contributed by atoms with Gasteiger partial charge in [-0.3, -0.25) is 0 Å². The zero-order valence-corrected chi connectivity index (χ0v) is 11.1. The number of imidazole rings is 1. The molecule has 3 rings (SSSR count). The topological polar surface area (TPSA) is 66.0 Å². The Morgan fingerprint density at radius 3 is 2.67 bits per heavy atom. The van der Waals surface area contributed by atoms with Crippen LogP contribution in [0.15, 0.2) is 30.3 Å². The van der Waals surface area contributed by atoms with Gasteiger partial charge >= 0.3 is 5.97 Å². The number of hydrogen-bond donors (Lipinski definition) is 2. The lowest BCUT2D eigenvalue weighted by atomic mass is 10.2. The van der Waals surface area contributed by atoms with Crippen molar-refractivity contribution < 1.29 is 18.7 Å². The number of nitrogens with one attached hydrogen (secondary N) is 1. The van der Waals surface area contributed by atoms with Gasteiger partial charge in [-0.25, -0.2) is 18.6 Å². The maximum atomic E-state index is 13.8. The Labute approximate surface area is 122 Å². The van der Waals surface area contributed by atoms with E-state index in [0.717, 1.165) is 12.1 Å². The molecule has 0 atom stereocenters. The predicted molar refractivity (Wildman–Crippen MR) is 73.4 cm³/mol. The number of carbonyl (C=O) groups is 1. The minimum atomic E-state index is -1.09. The molecule has 1 heterocycles. The minimum absolute atomic E-state index is 0.0699. The monoisotopic (exact) mass is 308 g/mol. The first kappa shape index (κ1) is 13.5. The standard InChI is InChI=1S/C14H7ClF2N2O2/c15-8-5-9(16)7(4-10(8)17)13-18-11-2-1-6(14(20)21)3-12(11)19-13/h1-5H,(H,18,19)(H,20,21). The molecule has 0 aliphatic carbocycles. The fraction of sp³-hybridized carbons (Fsp3) is 0. The van der Waals surface area contributed by atoms with Gasteiger partial charge in [0.25, 0.3) is 0 Å². The number of carboxylic acids is 1. The molecule has 0 saturated heterocycles. The van der Waals surface area contributed by atoms with Crippen molar-refractivity contribution in [2.75, 3.05) is 0 Å². The van der Waals surface area contributed by atoms with Crippen LogP contribution in [0.5, 0.6) is 0 Å². The highest BCUT2D eigenvalue weighted by atomic mass is 35.5. The number of H-pyrrole nitrogens is 1. The molecule has 2 N–H and O–H groups in total. The third kappa shape index (κ3) is 2.34. The fourth-order valence-electron chi connectivity index (χ4n) is 1.97. The highest BCUT2D eigenvalue weighted by molar-refractivity contribution is 6.30. The van der Waals surface area contributed by atoms with Crippen LogP contribution >= 0.6 is 11.6 Å². The van der Waals surface area contributed by atoms with E-state index in [9.17, 15) is 13.6 Å². The molecule has 0 saturated carbocycles. The molecule has 4 nitrogen and oxygen atoms in total. The van der Waals surface area contributed by atoms with Crippen LogP contribution in [-0.4, -0.2) is 21.0 Å².